The van der Waals surface area contributed by atoms with E-state index in [0.717, 1.165) is 25.7 Å². The van der Waals surface area contributed by atoms with E-state index in [1.165, 1.54) is 12.8 Å². The second kappa shape index (κ2) is 10.1. The Morgan fingerprint density at radius 3 is 2.48 bits per heavy atom. The van der Waals surface area contributed by atoms with E-state index in [-0.39, 0.29) is 5.97 Å². The van der Waals surface area contributed by atoms with Gasteiger partial charge in [-0.25, -0.2) is 4.79 Å². The zero-order valence-corrected chi connectivity index (χ0v) is 13.2. The van der Waals surface area contributed by atoms with Crippen LogP contribution in [0.1, 0.15) is 62.7 Å². The van der Waals surface area contributed by atoms with Gasteiger partial charge in [-0.05, 0) is 31.0 Å². The van der Waals surface area contributed by atoms with Crippen molar-refractivity contribution in [3.63, 3.8) is 0 Å². The fourth-order valence-corrected chi connectivity index (χ4v) is 1.91. The quantitative estimate of drug-likeness (QED) is 0.399. The Morgan fingerprint density at radius 1 is 1.05 bits per heavy atom. The van der Waals surface area contributed by atoms with Gasteiger partial charge in [0.15, 0.2) is 0 Å². The summed E-state index contributed by atoms with van der Waals surface area (Å²) >= 11 is 0. The molecule has 1 aromatic carbocycles. The van der Waals surface area contributed by atoms with Gasteiger partial charge in [0.05, 0.1) is 24.5 Å². The highest BCUT2D eigenvalue weighted by molar-refractivity contribution is 5.91. The lowest BCUT2D eigenvalue weighted by molar-refractivity contribution is 0.0500. The maximum atomic E-state index is 11.8. The van der Waals surface area contributed by atoms with Crippen LogP contribution in [-0.4, -0.2) is 19.2 Å². The lowest BCUT2D eigenvalue weighted by Crippen LogP contribution is -2.08. The molecular formula is C17H27NO3. The minimum absolute atomic E-state index is 0.329. The van der Waals surface area contributed by atoms with E-state index in [9.17, 15) is 4.79 Å². The van der Waals surface area contributed by atoms with Crippen molar-refractivity contribution in [2.45, 2.75) is 52.4 Å². The van der Waals surface area contributed by atoms with Gasteiger partial charge in [-0.15, -0.1) is 0 Å². The van der Waals surface area contributed by atoms with Gasteiger partial charge in [0, 0.05) is 0 Å². The first kappa shape index (κ1) is 17.3. The lowest BCUT2D eigenvalue weighted by atomic mass is 10.2. The summed E-state index contributed by atoms with van der Waals surface area (Å²) in [5, 5.41) is 0. The minimum atomic E-state index is -0.329. The highest BCUT2D eigenvalue weighted by atomic mass is 16.5. The molecule has 0 fully saturated rings. The van der Waals surface area contributed by atoms with E-state index in [4.69, 9.17) is 15.2 Å². The Morgan fingerprint density at radius 2 is 1.81 bits per heavy atom. The third-order valence-corrected chi connectivity index (χ3v) is 3.23. The van der Waals surface area contributed by atoms with E-state index in [1.807, 2.05) is 0 Å². The number of hydrogen-bond donors (Lipinski definition) is 1. The molecule has 2 N–H and O–H groups in total. The summed E-state index contributed by atoms with van der Waals surface area (Å²) in [6.07, 6.45) is 6.49. The molecule has 0 heterocycles. The van der Waals surface area contributed by atoms with E-state index in [1.54, 1.807) is 18.2 Å². The van der Waals surface area contributed by atoms with Crippen molar-refractivity contribution >= 4 is 11.7 Å². The van der Waals surface area contributed by atoms with Crippen molar-refractivity contribution < 1.29 is 14.3 Å². The van der Waals surface area contributed by atoms with Crippen LogP contribution in [0.4, 0.5) is 5.69 Å². The number of nitrogens with two attached hydrogens (primary N) is 1. The lowest BCUT2D eigenvalue weighted by Gasteiger charge is -2.10. The average Bonchev–Trinajstić information content (AvgIpc) is 2.48. The van der Waals surface area contributed by atoms with Gasteiger partial charge in [-0.2, -0.15) is 0 Å². The fraction of sp³-hybridized carbons (Fsp3) is 0.588. The number of esters is 1. The number of benzene rings is 1. The first-order chi connectivity index (χ1) is 10.2. The zero-order valence-electron chi connectivity index (χ0n) is 13.2. The molecule has 4 nitrogen and oxygen atoms in total. The summed E-state index contributed by atoms with van der Waals surface area (Å²) in [5.41, 5.74) is 6.88. The maximum absolute atomic E-state index is 11.8. The Kier molecular flexibility index (Phi) is 8.32. The smallest absolute Gasteiger partial charge is 0.338 e. The molecule has 0 aromatic heterocycles. The molecule has 1 rings (SSSR count). The monoisotopic (exact) mass is 293 g/mol. The molecule has 0 radical (unpaired) electrons. The van der Waals surface area contributed by atoms with Gasteiger partial charge in [-0.1, -0.05) is 39.5 Å². The van der Waals surface area contributed by atoms with E-state index < -0.39 is 0 Å². The molecule has 118 valence electrons. The van der Waals surface area contributed by atoms with Crippen LogP contribution in [0.15, 0.2) is 18.2 Å². The van der Waals surface area contributed by atoms with E-state index >= 15 is 0 Å². The van der Waals surface area contributed by atoms with Crippen LogP contribution in [0.2, 0.25) is 0 Å². The third kappa shape index (κ3) is 6.52. The molecule has 0 bridgehead atoms. The first-order valence-corrected chi connectivity index (χ1v) is 7.88. The van der Waals surface area contributed by atoms with Crippen LogP contribution >= 0.6 is 0 Å². The Labute approximate surface area is 127 Å². The number of anilines is 1. The van der Waals surface area contributed by atoms with Crippen molar-refractivity contribution in [3.8, 4) is 5.75 Å². The van der Waals surface area contributed by atoms with Crippen LogP contribution < -0.4 is 10.5 Å². The Balaban J connectivity index is 2.45. The Hall–Kier alpha value is -1.71. The van der Waals surface area contributed by atoms with Gasteiger partial charge < -0.3 is 15.2 Å². The number of nitrogen functional groups attached to an aromatic ring is 1. The molecule has 0 saturated carbocycles. The fourth-order valence-electron chi connectivity index (χ4n) is 1.91. The number of carbonyl (C=O) groups excluding carboxylic acids is 1. The summed E-state index contributed by atoms with van der Waals surface area (Å²) in [4.78, 5) is 11.8. The molecule has 0 spiro atoms. The minimum Gasteiger partial charge on any atom is -0.491 e. The molecule has 0 atom stereocenters. The second-order valence-corrected chi connectivity index (χ2v) is 5.15. The first-order valence-electron chi connectivity index (χ1n) is 7.88. The molecule has 0 saturated heterocycles. The van der Waals surface area contributed by atoms with Crippen LogP contribution in [-0.2, 0) is 4.74 Å². The molecule has 21 heavy (non-hydrogen) atoms. The van der Waals surface area contributed by atoms with Crippen molar-refractivity contribution in [1.29, 1.82) is 0 Å². The van der Waals surface area contributed by atoms with E-state index in [2.05, 4.69) is 13.8 Å². The van der Waals surface area contributed by atoms with Crippen molar-refractivity contribution in [2.75, 3.05) is 18.9 Å². The summed E-state index contributed by atoms with van der Waals surface area (Å²) < 4.78 is 10.8. The number of rotatable bonds is 10. The SMILES string of the molecule is CCCCCCOc1ccc(C(=O)OCCCC)cc1N. The highest BCUT2D eigenvalue weighted by Crippen LogP contribution is 2.23. The summed E-state index contributed by atoms with van der Waals surface area (Å²) in [6.45, 7) is 5.34. The molecular weight excluding hydrogens is 266 g/mol. The van der Waals surface area contributed by atoms with Crippen LogP contribution in [0, 0.1) is 0 Å². The zero-order chi connectivity index (χ0) is 15.5. The summed E-state index contributed by atoms with van der Waals surface area (Å²) in [5.74, 6) is 0.307. The molecule has 0 aliphatic heterocycles. The molecule has 0 aliphatic rings. The number of ether oxygens (including phenoxy) is 2. The van der Waals surface area contributed by atoms with Crippen molar-refractivity contribution in [1.82, 2.24) is 0 Å². The summed E-state index contributed by atoms with van der Waals surface area (Å²) in [6, 6.07) is 5.06. The van der Waals surface area contributed by atoms with Crippen LogP contribution in [0.3, 0.4) is 0 Å². The van der Waals surface area contributed by atoms with Crippen molar-refractivity contribution in [3.05, 3.63) is 23.8 Å². The van der Waals surface area contributed by atoms with Gasteiger partial charge in [0.2, 0.25) is 0 Å². The largest absolute Gasteiger partial charge is 0.491 e. The van der Waals surface area contributed by atoms with Gasteiger partial charge >= 0.3 is 5.97 Å². The van der Waals surface area contributed by atoms with Gasteiger partial charge in [-0.3, -0.25) is 0 Å². The van der Waals surface area contributed by atoms with Crippen LogP contribution in [0.25, 0.3) is 0 Å². The molecule has 4 heteroatoms. The average molecular weight is 293 g/mol. The standard InChI is InChI=1S/C17H27NO3/c1-3-5-7-8-12-20-16-10-9-14(13-15(16)18)17(19)21-11-6-4-2/h9-10,13H,3-8,11-12,18H2,1-2H3. The topological polar surface area (TPSA) is 61.5 Å². The summed E-state index contributed by atoms with van der Waals surface area (Å²) in [7, 11) is 0. The Bertz CT molecular complexity index is 432. The molecule has 0 aliphatic carbocycles. The van der Waals surface area contributed by atoms with Crippen LogP contribution in [0.5, 0.6) is 5.75 Å². The normalized spacial score (nSPS) is 10.4. The van der Waals surface area contributed by atoms with Crippen molar-refractivity contribution in [2.24, 2.45) is 0 Å². The second-order valence-electron chi connectivity index (χ2n) is 5.15. The number of carbonyl (C=O) groups is 1. The van der Waals surface area contributed by atoms with Gasteiger partial charge in [0.25, 0.3) is 0 Å². The maximum Gasteiger partial charge on any atom is 0.338 e. The predicted octanol–water partition coefficient (Wildman–Crippen LogP) is 4.18. The number of hydrogen-bond acceptors (Lipinski definition) is 4. The molecule has 1 aromatic rings. The van der Waals surface area contributed by atoms with Gasteiger partial charge in [0.1, 0.15) is 5.75 Å². The highest BCUT2D eigenvalue weighted by Gasteiger charge is 2.10. The molecule has 0 unspecified atom stereocenters. The van der Waals surface area contributed by atoms with E-state index in [0.29, 0.717) is 30.2 Å². The number of unbranched alkanes of at least 4 members (excludes halogenated alkanes) is 4. The molecule has 0 amide bonds. The predicted molar refractivity (Wildman–Crippen MR) is 85.7 cm³/mol. The third-order valence-electron chi connectivity index (χ3n) is 3.23.